The summed E-state index contributed by atoms with van der Waals surface area (Å²) in [5.41, 5.74) is 4.52. The molecule has 1 aliphatic rings. The number of hydrogen-bond donors (Lipinski definition) is 3. The molecule has 1 amide bonds. The number of rotatable bonds is 5. The summed E-state index contributed by atoms with van der Waals surface area (Å²) >= 11 is 0. The molecular formula is C11H20N2O3. The van der Waals surface area contributed by atoms with E-state index in [-0.39, 0.29) is 17.7 Å². The van der Waals surface area contributed by atoms with Gasteiger partial charge in [-0.1, -0.05) is 13.8 Å². The summed E-state index contributed by atoms with van der Waals surface area (Å²) in [7, 11) is 0. The van der Waals surface area contributed by atoms with Gasteiger partial charge in [-0.25, -0.2) is 4.79 Å². The number of carbonyl (C=O) groups is 2. The molecule has 0 spiro atoms. The fourth-order valence-corrected chi connectivity index (χ4v) is 1.63. The summed E-state index contributed by atoms with van der Waals surface area (Å²) in [6, 6.07) is -0.655. The number of nitrogens with one attached hydrogen (secondary N) is 1. The standard InChI is InChI=1S/C11H20N2O3/c1-6(2)8(12)9(14)13-11(3,10(15)16)7-4-5-7/h6-8H,4-5,12H2,1-3H3,(H,13,14)(H,15,16). The molecule has 2 unspecified atom stereocenters. The molecule has 0 saturated heterocycles. The molecule has 0 aromatic heterocycles. The van der Waals surface area contributed by atoms with Gasteiger partial charge in [-0.2, -0.15) is 0 Å². The summed E-state index contributed by atoms with van der Waals surface area (Å²) < 4.78 is 0. The maximum atomic E-state index is 11.7. The highest BCUT2D eigenvalue weighted by atomic mass is 16.4. The Morgan fingerprint density at radius 1 is 1.44 bits per heavy atom. The van der Waals surface area contributed by atoms with Crippen LogP contribution in [0.5, 0.6) is 0 Å². The van der Waals surface area contributed by atoms with Gasteiger partial charge in [0.2, 0.25) is 5.91 Å². The highest BCUT2D eigenvalue weighted by Crippen LogP contribution is 2.39. The second-order valence-corrected chi connectivity index (χ2v) is 5.04. The van der Waals surface area contributed by atoms with E-state index in [0.717, 1.165) is 12.8 Å². The lowest BCUT2D eigenvalue weighted by atomic mass is 9.94. The van der Waals surface area contributed by atoms with E-state index < -0.39 is 17.6 Å². The molecule has 4 N–H and O–H groups in total. The third-order valence-corrected chi connectivity index (χ3v) is 3.24. The first kappa shape index (κ1) is 13.0. The van der Waals surface area contributed by atoms with E-state index in [1.807, 2.05) is 13.8 Å². The SMILES string of the molecule is CC(C)C(N)C(=O)NC(C)(C(=O)O)C1CC1. The third kappa shape index (κ3) is 2.52. The predicted molar refractivity (Wildman–Crippen MR) is 59.7 cm³/mol. The smallest absolute Gasteiger partial charge is 0.329 e. The first-order valence-corrected chi connectivity index (χ1v) is 5.60. The van der Waals surface area contributed by atoms with E-state index in [0.29, 0.717) is 0 Å². The first-order valence-electron chi connectivity index (χ1n) is 5.60. The average molecular weight is 228 g/mol. The van der Waals surface area contributed by atoms with Gasteiger partial charge < -0.3 is 16.2 Å². The largest absolute Gasteiger partial charge is 0.480 e. The van der Waals surface area contributed by atoms with Crippen LogP contribution in [0.25, 0.3) is 0 Å². The Morgan fingerprint density at radius 2 is 1.94 bits per heavy atom. The van der Waals surface area contributed by atoms with Crippen molar-refractivity contribution in [3.8, 4) is 0 Å². The highest BCUT2D eigenvalue weighted by molar-refractivity contribution is 5.89. The third-order valence-electron chi connectivity index (χ3n) is 3.24. The average Bonchev–Trinajstić information content (AvgIpc) is 2.98. The molecule has 0 aliphatic heterocycles. The van der Waals surface area contributed by atoms with Crippen molar-refractivity contribution in [3.05, 3.63) is 0 Å². The van der Waals surface area contributed by atoms with E-state index >= 15 is 0 Å². The fourth-order valence-electron chi connectivity index (χ4n) is 1.63. The van der Waals surface area contributed by atoms with Crippen LogP contribution < -0.4 is 11.1 Å². The van der Waals surface area contributed by atoms with Gasteiger partial charge in [-0.05, 0) is 31.6 Å². The monoisotopic (exact) mass is 228 g/mol. The molecule has 0 aromatic rings. The number of nitrogens with two attached hydrogens (primary N) is 1. The van der Waals surface area contributed by atoms with Crippen molar-refractivity contribution in [1.29, 1.82) is 0 Å². The van der Waals surface area contributed by atoms with Crippen LogP contribution >= 0.6 is 0 Å². The molecule has 0 aromatic carbocycles. The molecule has 0 radical (unpaired) electrons. The van der Waals surface area contributed by atoms with Crippen LogP contribution in [0.1, 0.15) is 33.6 Å². The molecule has 1 aliphatic carbocycles. The zero-order chi connectivity index (χ0) is 12.5. The Balaban J connectivity index is 2.69. The van der Waals surface area contributed by atoms with E-state index in [1.54, 1.807) is 6.92 Å². The van der Waals surface area contributed by atoms with Crippen LogP contribution in [0.2, 0.25) is 0 Å². The Bertz CT molecular complexity index is 300. The van der Waals surface area contributed by atoms with Gasteiger partial charge in [-0.15, -0.1) is 0 Å². The lowest BCUT2D eigenvalue weighted by molar-refractivity contribution is -0.148. The summed E-state index contributed by atoms with van der Waals surface area (Å²) in [5, 5.41) is 11.7. The molecule has 2 atom stereocenters. The number of carboxylic acids is 1. The molecule has 1 saturated carbocycles. The number of aliphatic carboxylic acids is 1. The van der Waals surface area contributed by atoms with Gasteiger partial charge in [-0.3, -0.25) is 4.79 Å². The highest BCUT2D eigenvalue weighted by Gasteiger charge is 2.49. The number of hydrogen-bond acceptors (Lipinski definition) is 3. The van der Waals surface area contributed by atoms with Crippen molar-refractivity contribution in [2.45, 2.75) is 45.2 Å². The van der Waals surface area contributed by atoms with Crippen LogP contribution in [-0.2, 0) is 9.59 Å². The van der Waals surface area contributed by atoms with E-state index in [4.69, 9.17) is 10.8 Å². The van der Waals surface area contributed by atoms with Crippen molar-refractivity contribution in [1.82, 2.24) is 5.32 Å². The Hall–Kier alpha value is -1.10. The molecule has 16 heavy (non-hydrogen) atoms. The van der Waals surface area contributed by atoms with Crippen LogP contribution in [0.3, 0.4) is 0 Å². The summed E-state index contributed by atoms with van der Waals surface area (Å²) in [6.45, 7) is 5.22. The van der Waals surface area contributed by atoms with Gasteiger partial charge in [0.05, 0.1) is 6.04 Å². The minimum atomic E-state index is -1.16. The van der Waals surface area contributed by atoms with Gasteiger partial charge >= 0.3 is 5.97 Å². The minimum absolute atomic E-state index is 0.00255. The second-order valence-electron chi connectivity index (χ2n) is 5.04. The topological polar surface area (TPSA) is 92.4 Å². The van der Waals surface area contributed by atoms with Gasteiger partial charge in [0, 0.05) is 0 Å². The molecule has 0 bridgehead atoms. The lowest BCUT2D eigenvalue weighted by Gasteiger charge is -2.28. The Kier molecular flexibility index (Phi) is 3.57. The molecule has 92 valence electrons. The summed E-state index contributed by atoms with van der Waals surface area (Å²) in [6.07, 6.45) is 1.69. The lowest BCUT2D eigenvalue weighted by Crippen LogP contribution is -2.58. The number of carbonyl (C=O) groups excluding carboxylic acids is 1. The van der Waals surface area contributed by atoms with Gasteiger partial charge in [0.25, 0.3) is 0 Å². The molecule has 0 heterocycles. The minimum Gasteiger partial charge on any atom is -0.480 e. The quantitative estimate of drug-likeness (QED) is 0.632. The zero-order valence-corrected chi connectivity index (χ0v) is 9.99. The number of amides is 1. The molecule has 5 nitrogen and oxygen atoms in total. The van der Waals surface area contributed by atoms with Crippen molar-refractivity contribution in [3.63, 3.8) is 0 Å². The molecule has 1 fully saturated rings. The maximum Gasteiger partial charge on any atom is 0.329 e. The van der Waals surface area contributed by atoms with Gasteiger partial charge in [0.15, 0.2) is 0 Å². The normalized spacial score (nSPS) is 21.3. The van der Waals surface area contributed by atoms with Gasteiger partial charge in [0.1, 0.15) is 5.54 Å². The predicted octanol–water partition coefficient (Wildman–Crippen LogP) is 0.339. The summed E-state index contributed by atoms with van der Waals surface area (Å²) in [4.78, 5) is 22.9. The maximum absolute atomic E-state index is 11.7. The zero-order valence-electron chi connectivity index (χ0n) is 9.99. The molecular weight excluding hydrogens is 208 g/mol. The van der Waals surface area contributed by atoms with Crippen molar-refractivity contribution >= 4 is 11.9 Å². The fraction of sp³-hybridized carbons (Fsp3) is 0.818. The van der Waals surface area contributed by atoms with Crippen molar-refractivity contribution in [2.75, 3.05) is 0 Å². The Morgan fingerprint density at radius 3 is 2.25 bits per heavy atom. The van der Waals surface area contributed by atoms with E-state index in [1.165, 1.54) is 0 Å². The van der Waals surface area contributed by atoms with E-state index in [9.17, 15) is 9.59 Å². The van der Waals surface area contributed by atoms with Crippen LogP contribution in [0, 0.1) is 11.8 Å². The Labute approximate surface area is 95.4 Å². The molecule has 5 heteroatoms. The first-order chi connectivity index (χ1) is 7.29. The van der Waals surface area contributed by atoms with Crippen LogP contribution in [-0.4, -0.2) is 28.6 Å². The van der Waals surface area contributed by atoms with E-state index in [2.05, 4.69) is 5.32 Å². The molecule has 1 rings (SSSR count). The van der Waals surface area contributed by atoms with Crippen molar-refractivity contribution < 1.29 is 14.7 Å². The number of carboxylic acid groups (broad SMARTS) is 1. The van der Waals surface area contributed by atoms with Crippen LogP contribution in [0.4, 0.5) is 0 Å². The second kappa shape index (κ2) is 4.41. The summed E-state index contributed by atoms with van der Waals surface area (Å²) in [5.74, 6) is -1.34. The van der Waals surface area contributed by atoms with Crippen LogP contribution in [0.15, 0.2) is 0 Å². The van der Waals surface area contributed by atoms with Crippen molar-refractivity contribution in [2.24, 2.45) is 17.6 Å².